The van der Waals surface area contributed by atoms with E-state index in [9.17, 15) is 14.4 Å². The zero-order valence-electron chi connectivity index (χ0n) is 18.8. The largest absolute Gasteiger partial charge is 0.493 e. The van der Waals surface area contributed by atoms with Crippen molar-refractivity contribution in [3.05, 3.63) is 64.3 Å². The van der Waals surface area contributed by atoms with Crippen LogP contribution in [-0.2, 0) is 19.7 Å². The zero-order valence-corrected chi connectivity index (χ0v) is 19.6. The second-order valence-electron chi connectivity index (χ2n) is 8.02. The van der Waals surface area contributed by atoms with Crippen LogP contribution in [0.4, 0.5) is 5.69 Å². The van der Waals surface area contributed by atoms with Crippen molar-refractivity contribution in [2.75, 3.05) is 32.3 Å². The van der Waals surface area contributed by atoms with Crippen LogP contribution in [0.3, 0.4) is 0 Å². The van der Waals surface area contributed by atoms with E-state index in [1.807, 2.05) is 50.1 Å². The number of amides is 1. The number of ketones is 1. The van der Waals surface area contributed by atoms with E-state index >= 15 is 0 Å². The molecule has 0 spiro atoms. The van der Waals surface area contributed by atoms with Gasteiger partial charge in [0.15, 0.2) is 30.5 Å². The van der Waals surface area contributed by atoms with Crippen LogP contribution in [0.1, 0.15) is 29.8 Å². The van der Waals surface area contributed by atoms with Gasteiger partial charge in [0, 0.05) is 29.9 Å². The summed E-state index contributed by atoms with van der Waals surface area (Å²) in [6.45, 7) is 3.23. The first-order valence-corrected chi connectivity index (χ1v) is 10.5. The number of hydrogen-bond acceptors (Lipinski definition) is 7. The van der Waals surface area contributed by atoms with Crippen LogP contribution in [0.25, 0.3) is 0 Å². The van der Waals surface area contributed by atoms with E-state index in [0.717, 1.165) is 16.9 Å². The number of ether oxygens (including phenoxy) is 3. The Labute approximate surface area is 196 Å². The first kappa shape index (κ1) is 24.1. The van der Waals surface area contributed by atoms with Crippen molar-refractivity contribution in [2.45, 2.75) is 19.3 Å². The van der Waals surface area contributed by atoms with Crippen LogP contribution < -0.4 is 20.1 Å². The molecule has 0 fully saturated rings. The average Bonchev–Trinajstić information content (AvgIpc) is 2.96. The van der Waals surface area contributed by atoms with Crippen LogP contribution in [-0.4, -0.2) is 45.0 Å². The van der Waals surface area contributed by atoms with Crippen LogP contribution in [0.5, 0.6) is 11.5 Å². The van der Waals surface area contributed by atoms with Crippen molar-refractivity contribution in [3.8, 4) is 11.5 Å². The summed E-state index contributed by atoms with van der Waals surface area (Å²) in [5, 5.41) is 0.0306. The second-order valence-corrected chi connectivity index (χ2v) is 8.42. The Balaban J connectivity index is 1.72. The van der Waals surface area contributed by atoms with E-state index < -0.39 is 25.1 Å². The molecule has 0 aliphatic carbocycles. The van der Waals surface area contributed by atoms with Gasteiger partial charge in [0.05, 0.1) is 17.7 Å². The van der Waals surface area contributed by atoms with Crippen LogP contribution >= 0.6 is 11.6 Å². The van der Waals surface area contributed by atoms with Gasteiger partial charge in [0.1, 0.15) is 0 Å². The van der Waals surface area contributed by atoms with Gasteiger partial charge in [-0.2, -0.15) is 0 Å². The van der Waals surface area contributed by atoms with Crippen LogP contribution in [0, 0.1) is 0 Å². The molecule has 174 valence electrons. The summed E-state index contributed by atoms with van der Waals surface area (Å²) in [4.78, 5) is 38.1. The molecule has 33 heavy (non-hydrogen) atoms. The van der Waals surface area contributed by atoms with Gasteiger partial charge in [-0.25, -0.2) is 4.79 Å². The lowest BCUT2D eigenvalue weighted by molar-refractivity contribution is -0.120. The van der Waals surface area contributed by atoms with E-state index in [1.165, 1.54) is 25.3 Å². The number of anilines is 1. The fourth-order valence-corrected chi connectivity index (χ4v) is 4.06. The van der Waals surface area contributed by atoms with Crippen molar-refractivity contribution in [3.63, 3.8) is 0 Å². The minimum absolute atomic E-state index is 0.0306. The lowest BCUT2D eigenvalue weighted by atomic mass is 9.83. The smallest absolute Gasteiger partial charge is 0.338 e. The van der Waals surface area contributed by atoms with Gasteiger partial charge < -0.3 is 24.8 Å². The molecule has 0 radical (unpaired) electrons. The minimum atomic E-state index is -0.759. The molecule has 9 heteroatoms. The Hall–Kier alpha value is -3.52. The summed E-state index contributed by atoms with van der Waals surface area (Å²) in [6.07, 6.45) is 1.50. The number of likely N-dealkylation sites (N-methyl/N-ethyl adjacent to an activating group) is 1. The molecule has 3 rings (SSSR count). The summed E-state index contributed by atoms with van der Waals surface area (Å²) < 4.78 is 15.6. The summed E-state index contributed by atoms with van der Waals surface area (Å²) in [5.41, 5.74) is 7.72. The molecule has 0 aromatic heterocycles. The van der Waals surface area contributed by atoms with Crippen LogP contribution in [0.15, 0.2) is 48.2 Å². The molecular weight excluding hydrogens is 448 g/mol. The number of primary amides is 1. The van der Waals surface area contributed by atoms with Gasteiger partial charge in [-0.05, 0) is 23.8 Å². The number of fused-ring (bicyclic) bond motifs is 1. The molecule has 0 saturated carbocycles. The maximum atomic E-state index is 12.6. The highest BCUT2D eigenvalue weighted by Crippen LogP contribution is 2.46. The number of para-hydroxylation sites is 1. The van der Waals surface area contributed by atoms with E-state index in [4.69, 9.17) is 31.5 Å². The SMILES string of the molecule is COc1cc(C(=O)OCC(=O)/C=C2/N(C)c3ccccc3C2(C)C)cc(Cl)c1OCC(N)=O. The third kappa shape index (κ3) is 4.96. The van der Waals surface area contributed by atoms with Crippen molar-refractivity contribution in [1.29, 1.82) is 0 Å². The number of carbonyl (C=O) groups is 3. The van der Waals surface area contributed by atoms with Crippen molar-refractivity contribution >= 4 is 34.9 Å². The van der Waals surface area contributed by atoms with Gasteiger partial charge >= 0.3 is 5.97 Å². The standard InChI is InChI=1S/C24H25ClN2O6/c1-24(2)16-7-5-6-8-18(16)27(3)20(24)11-15(28)12-33-23(30)14-9-17(25)22(19(10-14)31-4)32-13-21(26)29/h5-11H,12-13H2,1-4H3,(H2,26,29)/b20-11+. The van der Waals surface area contributed by atoms with Crippen molar-refractivity contribution in [2.24, 2.45) is 5.73 Å². The third-order valence-electron chi connectivity index (χ3n) is 5.41. The monoisotopic (exact) mass is 472 g/mol. The summed E-state index contributed by atoms with van der Waals surface area (Å²) in [7, 11) is 3.25. The van der Waals surface area contributed by atoms with Gasteiger partial charge in [0.25, 0.3) is 5.91 Å². The molecule has 0 bridgehead atoms. The number of benzene rings is 2. The first-order chi connectivity index (χ1) is 15.6. The lowest BCUT2D eigenvalue weighted by Crippen LogP contribution is -2.25. The molecule has 1 amide bonds. The highest BCUT2D eigenvalue weighted by molar-refractivity contribution is 6.32. The number of esters is 1. The molecule has 0 atom stereocenters. The average molecular weight is 473 g/mol. The molecule has 1 aliphatic heterocycles. The summed E-state index contributed by atoms with van der Waals surface area (Å²) >= 11 is 6.16. The fraction of sp³-hybridized carbons (Fsp3) is 0.292. The number of nitrogens with two attached hydrogens (primary N) is 1. The molecule has 1 aliphatic rings. The van der Waals surface area contributed by atoms with Gasteiger partial charge in [-0.1, -0.05) is 43.6 Å². The number of allylic oxidation sites excluding steroid dienone is 1. The van der Waals surface area contributed by atoms with Gasteiger partial charge in [-0.15, -0.1) is 0 Å². The Morgan fingerprint density at radius 3 is 2.48 bits per heavy atom. The summed E-state index contributed by atoms with van der Waals surface area (Å²) in [6, 6.07) is 10.6. The number of rotatable bonds is 8. The number of halogens is 1. The molecule has 2 aromatic carbocycles. The molecule has 2 aromatic rings. The molecule has 1 heterocycles. The number of hydrogen-bond donors (Lipinski definition) is 1. The number of nitrogens with zero attached hydrogens (tertiary/aromatic N) is 1. The minimum Gasteiger partial charge on any atom is -0.493 e. The summed E-state index contributed by atoms with van der Waals surface area (Å²) in [5.74, 6) is -1.61. The van der Waals surface area contributed by atoms with E-state index in [1.54, 1.807) is 0 Å². The van der Waals surface area contributed by atoms with E-state index in [-0.39, 0.29) is 33.3 Å². The maximum Gasteiger partial charge on any atom is 0.338 e. The fourth-order valence-electron chi connectivity index (χ4n) is 3.79. The molecule has 0 saturated heterocycles. The quantitative estimate of drug-likeness (QED) is 0.464. The van der Waals surface area contributed by atoms with Gasteiger partial charge in [-0.3, -0.25) is 9.59 Å². The van der Waals surface area contributed by atoms with Crippen molar-refractivity contribution in [1.82, 2.24) is 0 Å². The number of carbonyl (C=O) groups excluding carboxylic acids is 3. The number of methoxy groups -OCH3 is 1. The highest BCUT2D eigenvalue weighted by atomic mass is 35.5. The molecule has 2 N–H and O–H groups in total. The van der Waals surface area contributed by atoms with Crippen LogP contribution in [0.2, 0.25) is 5.02 Å². The predicted molar refractivity (Wildman–Crippen MR) is 124 cm³/mol. The first-order valence-electron chi connectivity index (χ1n) is 10.1. The van der Waals surface area contributed by atoms with Gasteiger partial charge in [0.2, 0.25) is 0 Å². The topological polar surface area (TPSA) is 108 Å². The maximum absolute atomic E-state index is 12.6. The van der Waals surface area contributed by atoms with Crippen molar-refractivity contribution < 1.29 is 28.6 Å². The highest BCUT2D eigenvalue weighted by Gasteiger charge is 2.38. The normalized spacial score (nSPS) is 15.2. The Kier molecular flexibility index (Phi) is 6.98. The Bertz CT molecular complexity index is 1140. The Morgan fingerprint density at radius 1 is 1.15 bits per heavy atom. The predicted octanol–water partition coefficient (Wildman–Crippen LogP) is 3.25. The van der Waals surface area contributed by atoms with E-state index in [2.05, 4.69) is 0 Å². The molecule has 8 nitrogen and oxygen atoms in total. The zero-order chi connectivity index (χ0) is 24.3. The third-order valence-corrected chi connectivity index (χ3v) is 5.69. The molecule has 0 unspecified atom stereocenters. The second kappa shape index (κ2) is 9.54. The van der Waals surface area contributed by atoms with E-state index in [0.29, 0.717) is 0 Å². The lowest BCUT2D eigenvalue weighted by Gasteiger charge is -2.23. The Morgan fingerprint density at radius 2 is 1.85 bits per heavy atom. The molecular formula is C24H25ClN2O6.